The Morgan fingerprint density at radius 1 is 1.53 bits per heavy atom. The molecule has 0 aliphatic heterocycles. The van der Waals surface area contributed by atoms with Crippen LogP contribution in [0.3, 0.4) is 0 Å². The standard InChI is InChI=1S/C11H13NO3/c1-7(13)6-8-4-3-5-9-10(8)12-11(14-2)15-9/h3-5,7,13H,6H2,1-2H3. The fourth-order valence-corrected chi connectivity index (χ4v) is 1.56. The molecule has 1 N–H and O–H groups in total. The van der Waals surface area contributed by atoms with Gasteiger partial charge in [0.2, 0.25) is 0 Å². The summed E-state index contributed by atoms with van der Waals surface area (Å²) in [6, 6.07) is 5.64. The van der Waals surface area contributed by atoms with Crippen molar-refractivity contribution in [1.29, 1.82) is 0 Å². The maximum atomic E-state index is 9.34. The molecule has 4 heteroatoms. The van der Waals surface area contributed by atoms with E-state index in [-0.39, 0.29) is 6.08 Å². The molecule has 0 amide bonds. The summed E-state index contributed by atoms with van der Waals surface area (Å²) in [5, 5.41) is 9.34. The minimum absolute atomic E-state index is 0.253. The maximum absolute atomic E-state index is 9.34. The van der Waals surface area contributed by atoms with Crippen molar-refractivity contribution >= 4 is 11.1 Å². The van der Waals surface area contributed by atoms with E-state index < -0.39 is 6.10 Å². The second kappa shape index (κ2) is 3.90. The molecular formula is C11H13NO3. The van der Waals surface area contributed by atoms with Crippen molar-refractivity contribution in [2.75, 3.05) is 7.11 Å². The van der Waals surface area contributed by atoms with Gasteiger partial charge in [0.25, 0.3) is 0 Å². The third kappa shape index (κ3) is 1.94. The molecule has 0 saturated heterocycles. The Labute approximate surface area is 87.5 Å². The molecule has 1 unspecified atom stereocenters. The number of oxazole rings is 1. The first-order valence-electron chi connectivity index (χ1n) is 4.81. The number of methoxy groups -OCH3 is 1. The molecule has 1 aromatic heterocycles. The van der Waals surface area contributed by atoms with Gasteiger partial charge >= 0.3 is 6.08 Å². The number of aliphatic hydroxyl groups is 1. The van der Waals surface area contributed by atoms with E-state index in [1.54, 1.807) is 6.92 Å². The van der Waals surface area contributed by atoms with Crippen LogP contribution in [0.4, 0.5) is 0 Å². The van der Waals surface area contributed by atoms with Gasteiger partial charge in [0.1, 0.15) is 5.52 Å². The number of benzene rings is 1. The quantitative estimate of drug-likeness (QED) is 0.833. The van der Waals surface area contributed by atoms with Crippen LogP contribution in [0, 0.1) is 0 Å². The van der Waals surface area contributed by atoms with E-state index >= 15 is 0 Å². The summed E-state index contributed by atoms with van der Waals surface area (Å²) >= 11 is 0. The molecule has 2 rings (SSSR count). The molecule has 15 heavy (non-hydrogen) atoms. The molecule has 1 heterocycles. The largest absolute Gasteiger partial charge is 0.453 e. The van der Waals surface area contributed by atoms with Crippen molar-refractivity contribution in [2.24, 2.45) is 0 Å². The number of aromatic nitrogens is 1. The Hall–Kier alpha value is -1.55. The molecule has 80 valence electrons. The SMILES string of the molecule is COc1nc2c(CC(C)O)cccc2o1. The average Bonchev–Trinajstić information content (AvgIpc) is 2.61. The molecule has 0 spiro atoms. The highest BCUT2D eigenvalue weighted by molar-refractivity contribution is 5.77. The van der Waals surface area contributed by atoms with Crippen LogP contribution >= 0.6 is 0 Å². The van der Waals surface area contributed by atoms with E-state index in [2.05, 4.69) is 4.98 Å². The predicted molar refractivity (Wildman–Crippen MR) is 55.9 cm³/mol. The van der Waals surface area contributed by atoms with Crippen molar-refractivity contribution in [3.8, 4) is 6.08 Å². The monoisotopic (exact) mass is 207 g/mol. The third-order valence-electron chi connectivity index (χ3n) is 2.17. The van der Waals surface area contributed by atoms with Crippen LogP contribution in [0.2, 0.25) is 0 Å². The smallest absolute Gasteiger partial charge is 0.394 e. The van der Waals surface area contributed by atoms with Crippen LogP contribution in [0.25, 0.3) is 11.1 Å². The summed E-state index contributed by atoms with van der Waals surface area (Å²) in [7, 11) is 1.51. The lowest BCUT2D eigenvalue weighted by Gasteiger charge is -2.03. The number of rotatable bonds is 3. The van der Waals surface area contributed by atoms with Crippen LogP contribution in [0.1, 0.15) is 12.5 Å². The van der Waals surface area contributed by atoms with E-state index in [0.717, 1.165) is 11.1 Å². The second-order valence-electron chi connectivity index (χ2n) is 3.50. The number of fused-ring (bicyclic) bond motifs is 1. The molecule has 0 bridgehead atoms. The number of hydrogen-bond donors (Lipinski definition) is 1. The molecule has 2 aromatic rings. The number of para-hydroxylation sites is 1. The van der Waals surface area contributed by atoms with Gasteiger partial charge in [-0.2, -0.15) is 4.98 Å². The van der Waals surface area contributed by atoms with E-state index in [1.165, 1.54) is 7.11 Å². The first-order valence-corrected chi connectivity index (χ1v) is 4.81. The molecule has 1 atom stereocenters. The predicted octanol–water partition coefficient (Wildman–Crippen LogP) is 1.76. The number of aliphatic hydroxyl groups excluding tert-OH is 1. The highest BCUT2D eigenvalue weighted by atomic mass is 16.6. The van der Waals surface area contributed by atoms with Gasteiger partial charge in [-0.15, -0.1) is 0 Å². The zero-order valence-corrected chi connectivity index (χ0v) is 8.73. The topological polar surface area (TPSA) is 55.5 Å². The summed E-state index contributed by atoms with van der Waals surface area (Å²) in [6.07, 6.45) is 0.425. The molecule has 0 aliphatic carbocycles. The zero-order valence-electron chi connectivity index (χ0n) is 8.73. The highest BCUT2D eigenvalue weighted by Gasteiger charge is 2.10. The van der Waals surface area contributed by atoms with E-state index in [0.29, 0.717) is 12.0 Å². The molecule has 0 aliphatic rings. The molecule has 0 fully saturated rings. The lowest BCUT2D eigenvalue weighted by atomic mass is 10.1. The van der Waals surface area contributed by atoms with Crippen LogP contribution < -0.4 is 4.74 Å². The van der Waals surface area contributed by atoms with Crippen molar-refractivity contribution in [1.82, 2.24) is 4.98 Å². The number of hydrogen-bond acceptors (Lipinski definition) is 4. The minimum atomic E-state index is -0.390. The van der Waals surface area contributed by atoms with Gasteiger partial charge in [0, 0.05) is 6.42 Å². The van der Waals surface area contributed by atoms with Crippen molar-refractivity contribution < 1.29 is 14.3 Å². The van der Waals surface area contributed by atoms with E-state index in [1.807, 2.05) is 18.2 Å². The Kier molecular flexibility index (Phi) is 2.60. The molecule has 4 nitrogen and oxygen atoms in total. The first kappa shape index (κ1) is 9.98. The lowest BCUT2D eigenvalue weighted by molar-refractivity contribution is 0.196. The van der Waals surface area contributed by atoms with Gasteiger partial charge in [-0.1, -0.05) is 12.1 Å². The van der Waals surface area contributed by atoms with Crippen molar-refractivity contribution in [2.45, 2.75) is 19.4 Å². The summed E-state index contributed by atoms with van der Waals surface area (Å²) in [5.41, 5.74) is 2.41. The third-order valence-corrected chi connectivity index (χ3v) is 2.17. The van der Waals surface area contributed by atoms with Crippen LogP contribution in [-0.4, -0.2) is 23.3 Å². The molecule has 0 radical (unpaired) electrons. The van der Waals surface area contributed by atoms with Gasteiger partial charge in [-0.05, 0) is 18.6 Å². The first-order chi connectivity index (χ1) is 7.20. The van der Waals surface area contributed by atoms with Gasteiger partial charge in [-0.3, -0.25) is 0 Å². The maximum Gasteiger partial charge on any atom is 0.394 e. The van der Waals surface area contributed by atoms with Crippen LogP contribution in [0.15, 0.2) is 22.6 Å². The average molecular weight is 207 g/mol. The fourth-order valence-electron chi connectivity index (χ4n) is 1.56. The number of ether oxygens (including phenoxy) is 1. The summed E-state index contributed by atoms with van der Waals surface area (Å²) in [5.74, 6) is 0. The Bertz CT molecular complexity index is 462. The number of nitrogens with zero attached hydrogens (tertiary/aromatic N) is 1. The lowest BCUT2D eigenvalue weighted by Crippen LogP contribution is -2.04. The van der Waals surface area contributed by atoms with E-state index in [9.17, 15) is 5.11 Å². The normalized spacial score (nSPS) is 13.0. The Morgan fingerprint density at radius 3 is 3.00 bits per heavy atom. The van der Waals surface area contributed by atoms with Crippen molar-refractivity contribution in [3.63, 3.8) is 0 Å². The van der Waals surface area contributed by atoms with Crippen LogP contribution in [0.5, 0.6) is 6.08 Å². The summed E-state index contributed by atoms with van der Waals surface area (Å²) in [6.45, 7) is 1.75. The van der Waals surface area contributed by atoms with Gasteiger partial charge in [0.05, 0.1) is 13.2 Å². The van der Waals surface area contributed by atoms with Crippen LogP contribution in [-0.2, 0) is 6.42 Å². The van der Waals surface area contributed by atoms with E-state index in [4.69, 9.17) is 9.15 Å². The second-order valence-corrected chi connectivity index (χ2v) is 3.50. The molecule has 1 aromatic carbocycles. The summed E-state index contributed by atoms with van der Waals surface area (Å²) in [4.78, 5) is 4.18. The zero-order chi connectivity index (χ0) is 10.8. The highest BCUT2D eigenvalue weighted by Crippen LogP contribution is 2.24. The minimum Gasteiger partial charge on any atom is -0.453 e. The molecular weight excluding hydrogens is 194 g/mol. The van der Waals surface area contributed by atoms with Gasteiger partial charge in [0.15, 0.2) is 5.58 Å². The van der Waals surface area contributed by atoms with Crippen molar-refractivity contribution in [3.05, 3.63) is 23.8 Å². The summed E-state index contributed by atoms with van der Waals surface area (Å²) < 4.78 is 10.2. The Morgan fingerprint density at radius 2 is 2.33 bits per heavy atom. The Balaban J connectivity index is 2.49. The fraction of sp³-hybridized carbons (Fsp3) is 0.364. The van der Waals surface area contributed by atoms with Gasteiger partial charge in [-0.25, -0.2) is 0 Å². The van der Waals surface area contributed by atoms with Gasteiger partial charge < -0.3 is 14.3 Å². The molecule has 0 saturated carbocycles.